The van der Waals surface area contributed by atoms with E-state index in [1.165, 1.54) is 29.4 Å². The molecule has 0 aliphatic heterocycles. The number of rotatable bonds is 7. The fraction of sp³-hybridized carbons (Fsp3) is 0.556. The lowest BCUT2D eigenvalue weighted by Gasteiger charge is -2.07. The molecule has 0 saturated heterocycles. The Balaban J connectivity index is 1.55. The molecule has 1 N–H and O–H groups in total. The van der Waals surface area contributed by atoms with E-state index in [9.17, 15) is 4.79 Å². The molecule has 0 bridgehead atoms. The van der Waals surface area contributed by atoms with Gasteiger partial charge < -0.3 is 5.32 Å². The number of hydrogen-bond acceptors (Lipinski definition) is 5. The van der Waals surface area contributed by atoms with Crippen LogP contribution in [0, 0.1) is 12.8 Å². The van der Waals surface area contributed by atoms with E-state index in [0.717, 1.165) is 42.3 Å². The van der Waals surface area contributed by atoms with E-state index in [2.05, 4.69) is 41.4 Å². The molecule has 1 aliphatic rings. The van der Waals surface area contributed by atoms with Crippen LogP contribution in [0.3, 0.4) is 0 Å². The van der Waals surface area contributed by atoms with Crippen LogP contribution >= 0.6 is 11.8 Å². The third-order valence-corrected chi connectivity index (χ3v) is 5.32. The van der Waals surface area contributed by atoms with Crippen LogP contribution in [-0.4, -0.2) is 38.2 Å². The Morgan fingerprint density at radius 1 is 1.32 bits per heavy atom. The summed E-state index contributed by atoms with van der Waals surface area (Å²) >= 11 is 1.40. The third kappa shape index (κ3) is 4.39. The summed E-state index contributed by atoms with van der Waals surface area (Å²) in [4.78, 5) is 11.8. The average Bonchev–Trinajstić information content (AvgIpc) is 3.16. The molecule has 2 aromatic rings. The topological polar surface area (TPSA) is 72.7 Å². The van der Waals surface area contributed by atoms with E-state index in [1.54, 1.807) is 0 Å². The van der Waals surface area contributed by atoms with Crippen LogP contribution < -0.4 is 5.32 Å². The van der Waals surface area contributed by atoms with Crippen LogP contribution in [0.25, 0.3) is 5.82 Å². The summed E-state index contributed by atoms with van der Waals surface area (Å²) in [7, 11) is 0. The fourth-order valence-corrected chi connectivity index (χ4v) is 3.61. The number of carbonyl (C=O) groups is 1. The standard InChI is InChI=1S/C18H25N5OS/c1-12(2)9-10-19-17(24)11-25-18-8-7-16(20-21-18)23-13(3)14-5-4-6-15(14)22-23/h7-8,12H,4-6,9-11H2,1-3H3,(H,19,24). The van der Waals surface area contributed by atoms with Crippen LogP contribution in [0.15, 0.2) is 17.2 Å². The predicted octanol–water partition coefficient (Wildman–Crippen LogP) is 2.71. The van der Waals surface area contributed by atoms with Crippen LogP contribution in [0.5, 0.6) is 0 Å². The lowest BCUT2D eigenvalue weighted by molar-refractivity contribution is -0.118. The summed E-state index contributed by atoms with van der Waals surface area (Å²) < 4.78 is 1.88. The minimum Gasteiger partial charge on any atom is -0.355 e. The van der Waals surface area contributed by atoms with E-state index < -0.39 is 0 Å². The maximum atomic E-state index is 11.8. The summed E-state index contributed by atoms with van der Waals surface area (Å²) in [6, 6.07) is 3.82. The van der Waals surface area contributed by atoms with Gasteiger partial charge in [0.1, 0.15) is 5.03 Å². The number of hydrogen-bond donors (Lipinski definition) is 1. The van der Waals surface area contributed by atoms with Crippen molar-refractivity contribution in [2.75, 3.05) is 12.3 Å². The second kappa shape index (κ2) is 7.99. The molecule has 0 aromatic carbocycles. The largest absolute Gasteiger partial charge is 0.355 e. The van der Waals surface area contributed by atoms with Crippen LogP contribution in [0.1, 0.15) is 43.6 Å². The van der Waals surface area contributed by atoms with Gasteiger partial charge in [0.15, 0.2) is 5.82 Å². The van der Waals surface area contributed by atoms with E-state index >= 15 is 0 Å². The molecule has 2 heterocycles. The highest BCUT2D eigenvalue weighted by Gasteiger charge is 2.20. The molecular formula is C18H25N5OS. The minimum absolute atomic E-state index is 0.0378. The summed E-state index contributed by atoms with van der Waals surface area (Å²) in [5, 5.41) is 16.8. The monoisotopic (exact) mass is 359 g/mol. The number of fused-ring (bicyclic) bond motifs is 1. The van der Waals surface area contributed by atoms with E-state index in [0.29, 0.717) is 11.7 Å². The summed E-state index contributed by atoms with van der Waals surface area (Å²) in [5.41, 5.74) is 3.71. The second-order valence-corrected chi connectivity index (χ2v) is 7.82. The number of carbonyl (C=O) groups excluding carboxylic acids is 1. The quantitative estimate of drug-likeness (QED) is 0.770. The molecule has 0 spiro atoms. The number of thioether (sulfide) groups is 1. The molecule has 0 atom stereocenters. The summed E-state index contributed by atoms with van der Waals surface area (Å²) in [5.74, 6) is 1.73. The van der Waals surface area contributed by atoms with Crippen molar-refractivity contribution in [3.63, 3.8) is 0 Å². The van der Waals surface area contributed by atoms with Crippen molar-refractivity contribution in [1.29, 1.82) is 0 Å². The van der Waals surface area contributed by atoms with Gasteiger partial charge in [0.2, 0.25) is 5.91 Å². The lowest BCUT2D eigenvalue weighted by atomic mass is 10.1. The molecule has 0 radical (unpaired) electrons. The zero-order chi connectivity index (χ0) is 17.8. The smallest absolute Gasteiger partial charge is 0.230 e. The second-order valence-electron chi connectivity index (χ2n) is 6.83. The Bertz CT molecular complexity index is 739. The maximum Gasteiger partial charge on any atom is 0.230 e. The molecule has 0 fully saturated rings. The number of nitrogens with one attached hydrogen (secondary N) is 1. The molecule has 7 heteroatoms. The maximum absolute atomic E-state index is 11.8. The number of amides is 1. The fourth-order valence-electron chi connectivity index (χ4n) is 2.97. The van der Waals surface area contributed by atoms with Gasteiger partial charge in [-0.15, -0.1) is 10.2 Å². The van der Waals surface area contributed by atoms with Gasteiger partial charge in [-0.3, -0.25) is 4.79 Å². The molecule has 0 saturated carbocycles. The highest BCUT2D eigenvalue weighted by Crippen LogP contribution is 2.26. The molecule has 2 aromatic heterocycles. The zero-order valence-corrected chi connectivity index (χ0v) is 15.9. The van der Waals surface area contributed by atoms with Crippen LogP contribution in [0.4, 0.5) is 0 Å². The van der Waals surface area contributed by atoms with E-state index in [-0.39, 0.29) is 5.91 Å². The van der Waals surface area contributed by atoms with Crippen molar-refractivity contribution in [2.24, 2.45) is 5.92 Å². The van der Waals surface area contributed by atoms with Crippen LogP contribution in [0.2, 0.25) is 0 Å². The molecule has 0 unspecified atom stereocenters. The van der Waals surface area contributed by atoms with Gasteiger partial charge in [-0.05, 0) is 56.2 Å². The molecule has 1 amide bonds. The van der Waals surface area contributed by atoms with E-state index in [1.807, 2.05) is 16.8 Å². The van der Waals surface area contributed by atoms with Gasteiger partial charge in [0.25, 0.3) is 0 Å². The molecular weight excluding hydrogens is 334 g/mol. The van der Waals surface area contributed by atoms with Gasteiger partial charge in [0, 0.05) is 12.2 Å². The highest BCUT2D eigenvalue weighted by atomic mass is 32.2. The summed E-state index contributed by atoms with van der Waals surface area (Å²) in [6.45, 7) is 7.11. The molecule has 3 rings (SSSR count). The Morgan fingerprint density at radius 3 is 2.84 bits per heavy atom. The normalized spacial score (nSPS) is 13.3. The first-order valence-corrected chi connectivity index (χ1v) is 9.84. The van der Waals surface area contributed by atoms with Crippen molar-refractivity contribution in [3.8, 4) is 5.82 Å². The zero-order valence-electron chi connectivity index (χ0n) is 15.1. The molecule has 134 valence electrons. The Labute approximate surface area is 152 Å². The van der Waals surface area contributed by atoms with Gasteiger partial charge >= 0.3 is 0 Å². The van der Waals surface area contributed by atoms with Crippen LogP contribution in [-0.2, 0) is 17.6 Å². The number of nitrogens with zero attached hydrogens (tertiary/aromatic N) is 4. The lowest BCUT2D eigenvalue weighted by Crippen LogP contribution is -2.26. The minimum atomic E-state index is 0.0378. The number of aryl methyl sites for hydroxylation is 1. The Kier molecular flexibility index (Phi) is 5.73. The van der Waals surface area contributed by atoms with Gasteiger partial charge in [-0.25, -0.2) is 4.68 Å². The van der Waals surface area contributed by atoms with Crippen molar-refractivity contribution < 1.29 is 4.79 Å². The number of aromatic nitrogens is 4. The van der Waals surface area contributed by atoms with E-state index in [4.69, 9.17) is 0 Å². The average molecular weight is 359 g/mol. The first kappa shape index (κ1) is 17.9. The van der Waals surface area contributed by atoms with Gasteiger partial charge in [0.05, 0.1) is 11.4 Å². The first-order valence-electron chi connectivity index (χ1n) is 8.85. The molecule has 25 heavy (non-hydrogen) atoms. The summed E-state index contributed by atoms with van der Waals surface area (Å²) in [6.07, 6.45) is 4.35. The first-order chi connectivity index (χ1) is 12.0. The SMILES string of the molecule is Cc1c2c(nn1-c1ccc(SCC(=O)NCCC(C)C)nn1)CCC2. The third-order valence-electron chi connectivity index (χ3n) is 4.40. The highest BCUT2D eigenvalue weighted by molar-refractivity contribution is 7.99. The Morgan fingerprint density at radius 2 is 2.16 bits per heavy atom. The molecule has 1 aliphatic carbocycles. The van der Waals surface area contributed by atoms with Crippen molar-refractivity contribution in [1.82, 2.24) is 25.3 Å². The van der Waals surface area contributed by atoms with Crippen molar-refractivity contribution >= 4 is 17.7 Å². The van der Waals surface area contributed by atoms with Gasteiger partial charge in [-0.2, -0.15) is 5.10 Å². The van der Waals surface area contributed by atoms with Crippen molar-refractivity contribution in [2.45, 2.75) is 51.5 Å². The van der Waals surface area contributed by atoms with Gasteiger partial charge in [-0.1, -0.05) is 25.6 Å². The predicted molar refractivity (Wildman–Crippen MR) is 99.1 cm³/mol. The molecule has 6 nitrogen and oxygen atoms in total. The Hall–Kier alpha value is -1.89. The van der Waals surface area contributed by atoms with Crippen molar-refractivity contribution in [3.05, 3.63) is 29.1 Å².